The Morgan fingerprint density at radius 3 is 2.56 bits per heavy atom. The van der Waals surface area contributed by atoms with Crippen LogP contribution in [-0.2, 0) is 4.74 Å². The first kappa shape index (κ1) is 11.9. The average Bonchev–Trinajstić information content (AvgIpc) is 3.10. The summed E-state index contributed by atoms with van der Waals surface area (Å²) >= 11 is 5.99. The van der Waals surface area contributed by atoms with Gasteiger partial charge in [-0.2, -0.15) is 0 Å². The number of aryl methyl sites for hydroxylation is 1. The van der Waals surface area contributed by atoms with Crippen LogP contribution >= 0.6 is 11.6 Å². The zero-order valence-electron chi connectivity index (χ0n) is 9.79. The third-order valence-corrected chi connectivity index (χ3v) is 3.48. The first-order chi connectivity index (χ1) is 7.79. The fourth-order valence-electron chi connectivity index (χ4n) is 1.73. The number of ether oxygens (including phenoxy) is 1. The molecule has 1 nitrogen and oxygen atoms in total. The molecule has 1 aliphatic rings. The quantitative estimate of drug-likeness (QED) is 0.686. The number of halogens is 1. The maximum atomic E-state index is 5.99. The van der Waals surface area contributed by atoms with E-state index in [-0.39, 0.29) is 0 Å². The van der Waals surface area contributed by atoms with E-state index in [0.717, 1.165) is 19.1 Å². The Morgan fingerprint density at radius 2 is 2.00 bits per heavy atom. The number of benzene rings is 1. The van der Waals surface area contributed by atoms with Gasteiger partial charge in [-0.15, -0.1) is 11.6 Å². The molecule has 0 amide bonds. The second-order valence-electron chi connectivity index (χ2n) is 4.74. The predicted octanol–water partition coefficient (Wildman–Crippen LogP) is 3.74. The monoisotopic (exact) mass is 238 g/mol. The molecule has 16 heavy (non-hydrogen) atoms. The molecular weight excluding hydrogens is 220 g/mol. The van der Waals surface area contributed by atoms with Crippen LogP contribution in [0.5, 0.6) is 0 Å². The van der Waals surface area contributed by atoms with Crippen molar-refractivity contribution >= 4 is 11.6 Å². The van der Waals surface area contributed by atoms with Crippen molar-refractivity contribution in [1.29, 1.82) is 0 Å². The molecule has 88 valence electrons. The van der Waals surface area contributed by atoms with Gasteiger partial charge < -0.3 is 4.74 Å². The van der Waals surface area contributed by atoms with E-state index in [4.69, 9.17) is 16.3 Å². The SMILES string of the molecule is Cc1ccc(C(CCl)COCC2CC2)cc1. The summed E-state index contributed by atoms with van der Waals surface area (Å²) < 4.78 is 5.71. The van der Waals surface area contributed by atoms with Crippen molar-refractivity contribution in [3.05, 3.63) is 35.4 Å². The van der Waals surface area contributed by atoms with Gasteiger partial charge in [0.15, 0.2) is 0 Å². The minimum atomic E-state index is 0.334. The van der Waals surface area contributed by atoms with Gasteiger partial charge in [0.25, 0.3) is 0 Å². The Bertz CT molecular complexity index is 316. The van der Waals surface area contributed by atoms with Crippen molar-refractivity contribution in [3.8, 4) is 0 Å². The Hall–Kier alpha value is -0.530. The van der Waals surface area contributed by atoms with Crippen molar-refractivity contribution in [2.45, 2.75) is 25.7 Å². The minimum Gasteiger partial charge on any atom is -0.380 e. The van der Waals surface area contributed by atoms with E-state index in [9.17, 15) is 0 Å². The van der Waals surface area contributed by atoms with E-state index < -0.39 is 0 Å². The molecule has 0 aliphatic heterocycles. The van der Waals surface area contributed by atoms with Gasteiger partial charge in [-0.05, 0) is 31.2 Å². The van der Waals surface area contributed by atoms with E-state index in [1.165, 1.54) is 24.0 Å². The topological polar surface area (TPSA) is 9.23 Å². The lowest BCUT2D eigenvalue weighted by molar-refractivity contribution is 0.115. The number of hydrogen-bond acceptors (Lipinski definition) is 1. The average molecular weight is 239 g/mol. The second-order valence-corrected chi connectivity index (χ2v) is 5.05. The van der Waals surface area contributed by atoms with E-state index in [1.807, 2.05) is 0 Å². The Labute approximate surface area is 103 Å². The summed E-state index contributed by atoms with van der Waals surface area (Å²) in [4.78, 5) is 0. The summed E-state index contributed by atoms with van der Waals surface area (Å²) in [5, 5.41) is 0. The lowest BCUT2D eigenvalue weighted by atomic mass is 10.0. The Morgan fingerprint density at radius 1 is 1.31 bits per heavy atom. The first-order valence-electron chi connectivity index (χ1n) is 6.00. The Kier molecular flexibility index (Phi) is 4.25. The van der Waals surface area contributed by atoms with Crippen molar-refractivity contribution < 1.29 is 4.74 Å². The fraction of sp³-hybridized carbons (Fsp3) is 0.571. The molecule has 1 saturated carbocycles. The summed E-state index contributed by atoms with van der Waals surface area (Å²) in [5.74, 6) is 1.79. The minimum absolute atomic E-state index is 0.334. The molecule has 1 unspecified atom stereocenters. The molecule has 1 aliphatic carbocycles. The molecule has 0 bridgehead atoms. The smallest absolute Gasteiger partial charge is 0.0546 e. The van der Waals surface area contributed by atoms with Crippen LogP contribution in [-0.4, -0.2) is 19.1 Å². The van der Waals surface area contributed by atoms with Gasteiger partial charge in [0.05, 0.1) is 6.61 Å². The molecule has 0 saturated heterocycles. The van der Waals surface area contributed by atoms with Crippen LogP contribution in [0, 0.1) is 12.8 Å². The number of hydrogen-bond donors (Lipinski definition) is 0. The summed E-state index contributed by atoms with van der Waals surface area (Å²) in [7, 11) is 0. The van der Waals surface area contributed by atoms with Crippen molar-refractivity contribution in [1.82, 2.24) is 0 Å². The molecule has 0 N–H and O–H groups in total. The van der Waals surface area contributed by atoms with Crippen LogP contribution in [0.3, 0.4) is 0 Å². The second kappa shape index (κ2) is 5.70. The molecule has 0 spiro atoms. The maximum Gasteiger partial charge on any atom is 0.0546 e. The highest BCUT2D eigenvalue weighted by atomic mass is 35.5. The third-order valence-electron chi connectivity index (χ3n) is 3.10. The third kappa shape index (κ3) is 3.50. The molecule has 1 aromatic carbocycles. The van der Waals surface area contributed by atoms with Gasteiger partial charge in [-0.25, -0.2) is 0 Å². The molecule has 2 heteroatoms. The fourth-order valence-corrected chi connectivity index (χ4v) is 2.00. The molecule has 0 aromatic heterocycles. The number of rotatable bonds is 6. The van der Waals surface area contributed by atoms with Gasteiger partial charge in [0.1, 0.15) is 0 Å². The van der Waals surface area contributed by atoms with Crippen LogP contribution in [0.2, 0.25) is 0 Å². The lowest BCUT2D eigenvalue weighted by Crippen LogP contribution is -2.11. The van der Waals surface area contributed by atoms with E-state index >= 15 is 0 Å². The zero-order valence-corrected chi connectivity index (χ0v) is 10.5. The highest BCUT2D eigenvalue weighted by molar-refractivity contribution is 6.18. The van der Waals surface area contributed by atoms with Crippen LogP contribution in [0.25, 0.3) is 0 Å². The van der Waals surface area contributed by atoms with Crippen molar-refractivity contribution in [2.24, 2.45) is 5.92 Å². The molecule has 0 heterocycles. The first-order valence-corrected chi connectivity index (χ1v) is 6.53. The van der Waals surface area contributed by atoms with Crippen molar-refractivity contribution in [3.63, 3.8) is 0 Å². The molecule has 0 radical (unpaired) electrons. The zero-order chi connectivity index (χ0) is 11.4. The van der Waals surface area contributed by atoms with Gasteiger partial charge >= 0.3 is 0 Å². The molecular formula is C14H19ClO. The van der Waals surface area contributed by atoms with Crippen LogP contribution < -0.4 is 0 Å². The van der Waals surface area contributed by atoms with Gasteiger partial charge in [-0.1, -0.05) is 29.8 Å². The van der Waals surface area contributed by atoms with Crippen LogP contribution in [0.15, 0.2) is 24.3 Å². The van der Waals surface area contributed by atoms with E-state index in [0.29, 0.717) is 11.8 Å². The summed E-state index contributed by atoms with van der Waals surface area (Å²) in [6.07, 6.45) is 2.69. The van der Waals surface area contributed by atoms with Crippen LogP contribution in [0.4, 0.5) is 0 Å². The summed E-state index contributed by atoms with van der Waals surface area (Å²) in [5.41, 5.74) is 2.58. The van der Waals surface area contributed by atoms with Gasteiger partial charge in [-0.3, -0.25) is 0 Å². The predicted molar refractivity (Wildman–Crippen MR) is 68.2 cm³/mol. The molecule has 2 rings (SSSR count). The van der Waals surface area contributed by atoms with E-state index in [1.54, 1.807) is 0 Å². The normalized spacial score (nSPS) is 17.4. The number of alkyl halides is 1. The maximum absolute atomic E-state index is 5.99. The molecule has 1 fully saturated rings. The van der Waals surface area contributed by atoms with Gasteiger partial charge in [0.2, 0.25) is 0 Å². The highest BCUT2D eigenvalue weighted by Crippen LogP contribution is 2.29. The molecule has 1 aromatic rings. The van der Waals surface area contributed by atoms with Crippen molar-refractivity contribution in [2.75, 3.05) is 19.1 Å². The highest BCUT2D eigenvalue weighted by Gasteiger charge is 2.22. The summed E-state index contributed by atoms with van der Waals surface area (Å²) in [6.45, 7) is 3.77. The molecule has 1 atom stereocenters. The largest absolute Gasteiger partial charge is 0.380 e. The Balaban J connectivity index is 1.84. The van der Waals surface area contributed by atoms with E-state index in [2.05, 4.69) is 31.2 Å². The summed E-state index contributed by atoms with van der Waals surface area (Å²) in [6, 6.07) is 8.58. The lowest BCUT2D eigenvalue weighted by Gasteiger charge is -2.14. The standard InChI is InChI=1S/C14H19ClO/c1-11-2-6-13(7-3-11)14(8-15)10-16-9-12-4-5-12/h2-3,6-7,12,14H,4-5,8-10H2,1H3. The van der Waals surface area contributed by atoms with Crippen LogP contribution in [0.1, 0.15) is 29.9 Å². The van der Waals surface area contributed by atoms with Gasteiger partial charge in [0, 0.05) is 18.4 Å².